The van der Waals surface area contributed by atoms with Crippen LogP contribution in [-0.4, -0.2) is 41.5 Å². The van der Waals surface area contributed by atoms with Gasteiger partial charge in [0.25, 0.3) is 0 Å². The fourth-order valence-electron chi connectivity index (χ4n) is 3.33. The second-order valence-electron chi connectivity index (χ2n) is 6.95. The lowest BCUT2D eigenvalue weighted by molar-refractivity contribution is -0.120. The molecular weight excluding hydrogens is 414 g/mol. The molecule has 1 aromatic heterocycles. The van der Waals surface area contributed by atoms with Crippen molar-refractivity contribution < 1.29 is 13.2 Å². The number of nitrogens with one attached hydrogen (secondary N) is 1. The smallest absolute Gasteiger partial charge is 0.243 e. The predicted molar refractivity (Wildman–Crippen MR) is 109 cm³/mol. The molecule has 1 N–H and O–H groups in total. The highest BCUT2D eigenvalue weighted by Gasteiger charge is 2.33. The highest BCUT2D eigenvalue weighted by Crippen LogP contribution is 2.25. The first-order valence-electron chi connectivity index (χ1n) is 9.29. The Morgan fingerprint density at radius 1 is 1.38 bits per heavy atom. The van der Waals surface area contributed by atoms with Crippen molar-refractivity contribution in [3.05, 3.63) is 41.0 Å². The Morgan fingerprint density at radius 3 is 2.79 bits per heavy atom. The van der Waals surface area contributed by atoms with Crippen LogP contribution in [0.1, 0.15) is 25.0 Å². The molecule has 1 atom stereocenters. The minimum Gasteiger partial charge on any atom is -0.311 e. The molecule has 1 unspecified atom stereocenters. The minimum absolute atomic E-state index is 0.113. The highest BCUT2D eigenvalue weighted by atomic mass is 35.5. The number of piperidine rings is 1. The van der Waals surface area contributed by atoms with E-state index in [1.54, 1.807) is 17.7 Å². The average molecular weight is 436 g/mol. The summed E-state index contributed by atoms with van der Waals surface area (Å²) in [7, 11) is -3.69. The van der Waals surface area contributed by atoms with Crippen molar-refractivity contribution in [2.45, 2.75) is 37.6 Å². The molecule has 3 rings (SSSR count). The highest BCUT2D eigenvalue weighted by molar-refractivity contribution is 7.89. The Hall–Kier alpha value is -2.41. The Morgan fingerprint density at radius 2 is 2.10 bits per heavy atom. The standard InChI is InChI=1S/C19H22ClN5O3S/c1-14-12-18(25(23-14)11-3-9-21)22-19(26)15-4-2-10-24(13-15)29(27,28)17-7-5-16(20)6-8-17/h5-8,12,15H,2-4,10-11,13H2,1H3,(H,22,26). The molecule has 0 spiro atoms. The van der Waals surface area contributed by atoms with Gasteiger partial charge in [-0.25, -0.2) is 13.1 Å². The molecule has 1 saturated heterocycles. The topological polar surface area (TPSA) is 108 Å². The molecule has 8 nitrogen and oxygen atoms in total. The van der Waals surface area contributed by atoms with Gasteiger partial charge in [0, 0.05) is 24.2 Å². The van der Waals surface area contributed by atoms with Crippen molar-refractivity contribution in [1.29, 1.82) is 5.26 Å². The number of sulfonamides is 1. The van der Waals surface area contributed by atoms with Crippen LogP contribution in [0.2, 0.25) is 5.02 Å². The third-order valence-corrected chi connectivity index (χ3v) is 6.93. The summed E-state index contributed by atoms with van der Waals surface area (Å²) in [6.45, 7) is 2.66. The van der Waals surface area contributed by atoms with Crippen LogP contribution >= 0.6 is 11.6 Å². The number of halogens is 1. The molecule has 1 aliphatic heterocycles. The Bertz CT molecular complexity index is 1030. The van der Waals surface area contributed by atoms with Crippen LogP contribution in [0.25, 0.3) is 0 Å². The van der Waals surface area contributed by atoms with E-state index in [2.05, 4.69) is 16.5 Å². The second kappa shape index (κ2) is 8.95. The first kappa shape index (κ1) is 21.3. The van der Waals surface area contributed by atoms with Gasteiger partial charge in [-0.2, -0.15) is 14.7 Å². The van der Waals surface area contributed by atoms with E-state index in [-0.39, 0.29) is 23.8 Å². The lowest BCUT2D eigenvalue weighted by Crippen LogP contribution is -2.43. The lowest BCUT2D eigenvalue weighted by atomic mass is 9.99. The summed E-state index contributed by atoms with van der Waals surface area (Å²) in [5.74, 6) is -0.204. The molecule has 10 heteroatoms. The molecule has 1 amide bonds. The zero-order valence-corrected chi connectivity index (χ0v) is 17.6. The third-order valence-electron chi connectivity index (χ3n) is 4.80. The van der Waals surface area contributed by atoms with E-state index in [0.717, 1.165) is 5.69 Å². The maximum absolute atomic E-state index is 12.9. The molecular formula is C19H22ClN5O3S. The van der Waals surface area contributed by atoms with Crippen molar-refractivity contribution in [3.63, 3.8) is 0 Å². The second-order valence-corrected chi connectivity index (χ2v) is 9.32. The third kappa shape index (κ3) is 4.96. The number of hydrogen-bond acceptors (Lipinski definition) is 5. The first-order chi connectivity index (χ1) is 13.8. The number of hydrogen-bond donors (Lipinski definition) is 1. The van der Waals surface area contributed by atoms with E-state index in [0.29, 0.717) is 36.8 Å². The van der Waals surface area contributed by atoms with Crippen molar-refractivity contribution >= 4 is 33.3 Å². The number of anilines is 1. The SMILES string of the molecule is Cc1cc(NC(=O)C2CCCN(S(=O)(=O)c3ccc(Cl)cc3)C2)n(CCC#N)n1. The van der Waals surface area contributed by atoms with Gasteiger partial charge in [-0.1, -0.05) is 11.6 Å². The van der Waals surface area contributed by atoms with Gasteiger partial charge in [-0.3, -0.25) is 4.79 Å². The predicted octanol–water partition coefficient (Wildman–Crippen LogP) is 2.80. The van der Waals surface area contributed by atoms with Crippen molar-refractivity contribution in [2.24, 2.45) is 5.92 Å². The maximum atomic E-state index is 12.9. The number of carbonyl (C=O) groups excluding carboxylic acids is 1. The van der Waals surface area contributed by atoms with Crippen molar-refractivity contribution in [2.75, 3.05) is 18.4 Å². The molecule has 0 bridgehead atoms. The molecule has 29 heavy (non-hydrogen) atoms. The minimum atomic E-state index is -3.69. The fraction of sp³-hybridized carbons (Fsp3) is 0.421. The summed E-state index contributed by atoms with van der Waals surface area (Å²) >= 11 is 5.85. The zero-order chi connectivity index (χ0) is 21.0. The summed E-state index contributed by atoms with van der Waals surface area (Å²) in [6, 6.07) is 9.80. The van der Waals surface area contributed by atoms with E-state index in [9.17, 15) is 13.2 Å². The van der Waals surface area contributed by atoms with Gasteiger partial charge < -0.3 is 5.32 Å². The van der Waals surface area contributed by atoms with Crippen LogP contribution in [0, 0.1) is 24.2 Å². The summed E-state index contributed by atoms with van der Waals surface area (Å²) in [5, 5.41) is 16.4. The van der Waals surface area contributed by atoms with Gasteiger partial charge in [-0.05, 0) is 44.0 Å². The lowest BCUT2D eigenvalue weighted by Gasteiger charge is -2.31. The summed E-state index contributed by atoms with van der Waals surface area (Å²) in [6.07, 6.45) is 1.47. The van der Waals surface area contributed by atoms with Gasteiger partial charge in [0.05, 0.1) is 35.5 Å². The normalized spacial score (nSPS) is 17.6. The number of rotatable bonds is 6. The number of benzene rings is 1. The quantitative estimate of drug-likeness (QED) is 0.750. The fourth-order valence-corrected chi connectivity index (χ4v) is 4.98. The van der Waals surface area contributed by atoms with Crippen LogP contribution in [0.3, 0.4) is 0 Å². The Balaban J connectivity index is 1.71. The molecule has 2 aromatic rings. The summed E-state index contributed by atoms with van der Waals surface area (Å²) in [4.78, 5) is 13.0. The van der Waals surface area contributed by atoms with Gasteiger partial charge in [0.2, 0.25) is 15.9 Å². The summed E-state index contributed by atoms with van der Waals surface area (Å²) < 4.78 is 28.7. The number of amides is 1. The van der Waals surface area contributed by atoms with Gasteiger partial charge >= 0.3 is 0 Å². The molecule has 1 aromatic carbocycles. The van der Waals surface area contributed by atoms with Gasteiger partial charge in [-0.15, -0.1) is 0 Å². The molecule has 1 aliphatic rings. The van der Waals surface area contributed by atoms with E-state index >= 15 is 0 Å². The van der Waals surface area contributed by atoms with E-state index < -0.39 is 15.9 Å². The molecule has 2 heterocycles. The number of nitrogens with zero attached hydrogens (tertiary/aromatic N) is 4. The molecule has 1 fully saturated rings. The number of nitriles is 1. The Labute approximate surface area is 175 Å². The van der Waals surface area contributed by atoms with E-state index in [1.807, 2.05) is 0 Å². The zero-order valence-electron chi connectivity index (χ0n) is 16.0. The Kier molecular flexibility index (Phi) is 6.57. The summed E-state index contributed by atoms with van der Waals surface area (Å²) in [5.41, 5.74) is 0.730. The van der Waals surface area contributed by atoms with Crippen LogP contribution in [0.4, 0.5) is 5.82 Å². The molecule has 0 saturated carbocycles. The maximum Gasteiger partial charge on any atom is 0.243 e. The van der Waals surface area contributed by atoms with E-state index in [1.165, 1.54) is 28.6 Å². The molecule has 0 aliphatic carbocycles. The van der Waals surface area contributed by atoms with Gasteiger partial charge in [0.1, 0.15) is 5.82 Å². The molecule has 154 valence electrons. The van der Waals surface area contributed by atoms with E-state index in [4.69, 9.17) is 16.9 Å². The van der Waals surface area contributed by atoms with Crippen LogP contribution in [-0.2, 0) is 21.4 Å². The number of aryl methyl sites for hydroxylation is 2. The van der Waals surface area contributed by atoms with Crippen molar-refractivity contribution in [1.82, 2.24) is 14.1 Å². The number of carbonyl (C=O) groups is 1. The van der Waals surface area contributed by atoms with Crippen LogP contribution in [0.5, 0.6) is 0 Å². The first-order valence-corrected chi connectivity index (χ1v) is 11.1. The number of aromatic nitrogens is 2. The monoisotopic (exact) mass is 435 g/mol. The van der Waals surface area contributed by atoms with Crippen molar-refractivity contribution in [3.8, 4) is 6.07 Å². The van der Waals surface area contributed by atoms with Crippen LogP contribution in [0.15, 0.2) is 35.2 Å². The average Bonchev–Trinajstić information content (AvgIpc) is 3.05. The molecule has 0 radical (unpaired) electrons. The van der Waals surface area contributed by atoms with Crippen LogP contribution < -0.4 is 5.32 Å². The largest absolute Gasteiger partial charge is 0.311 e. The van der Waals surface area contributed by atoms with Gasteiger partial charge in [0.15, 0.2) is 0 Å².